The Hall–Kier alpha value is -3.58. The molecule has 7 heteroatoms. The Morgan fingerprint density at radius 1 is 1.00 bits per heavy atom. The number of aromatic nitrogens is 1. The minimum atomic E-state index is -0.503. The third kappa shape index (κ3) is 3.04. The second kappa shape index (κ2) is 6.62. The van der Waals surface area contributed by atoms with E-state index in [1.807, 2.05) is 42.5 Å². The van der Waals surface area contributed by atoms with Gasteiger partial charge in [0.1, 0.15) is 9.71 Å². The van der Waals surface area contributed by atoms with Gasteiger partial charge in [0.05, 0.1) is 16.3 Å². The maximum atomic E-state index is 12.8. The number of pyridine rings is 1. The molecule has 2 heterocycles. The van der Waals surface area contributed by atoms with Crippen molar-refractivity contribution in [2.45, 2.75) is 0 Å². The molecular weight excluding hydrogens is 362 g/mol. The number of nitrogens with two attached hydrogens (primary N) is 1. The summed E-state index contributed by atoms with van der Waals surface area (Å²) in [6, 6.07) is 19.0. The van der Waals surface area contributed by atoms with Gasteiger partial charge in [0, 0.05) is 28.6 Å². The number of nitrogens with zero attached hydrogens (tertiary/aromatic N) is 2. The van der Waals surface area contributed by atoms with Crippen molar-refractivity contribution in [1.29, 1.82) is 0 Å². The maximum absolute atomic E-state index is 12.8. The Bertz CT molecular complexity index is 1170. The molecular formula is C20H13N3O3S. The van der Waals surface area contributed by atoms with Gasteiger partial charge in [-0.2, -0.15) is 0 Å². The number of ketones is 1. The van der Waals surface area contributed by atoms with Crippen LogP contribution in [0.3, 0.4) is 0 Å². The number of hydrogen-bond acceptors (Lipinski definition) is 6. The number of nitro benzene ring substituents is 1. The standard InChI is InChI=1S/C20H13N3O3S/c21-17-15-10-11-16(12-4-2-1-3-5-12)22-20(15)27-19(17)18(24)13-6-8-14(9-7-13)23(25)26/h1-11H,21H2. The maximum Gasteiger partial charge on any atom is 0.269 e. The first-order chi connectivity index (χ1) is 13.0. The first-order valence-corrected chi connectivity index (χ1v) is 8.90. The molecule has 0 aliphatic carbocycles. The highest BCUT2D eigenvalue weighted by Crippen LogP contribution is 2.35. The Balaban J connectivity index is 1.74. The Morgan fingerprint density at radius 2 is 1.70 bits per heavy atom. The molecule has 4 aromatic rings. The molecule has 4 rings (SSSR count). The van der Waals surface area contributed by atoms with E-state index in [1.165, 1.54) is 35.6 Å². The van der Waals surface area contributed by atoms with E-state index in [1.54, 1.807) is 0 Å². The Morgan fingerprint density at radius 3 is 2.37 bits per heavy atom. The normalized spacial score (nSPS) is 10.8. The lowest BCUT2D eigenvalue weighted by Crippen LogP contribution is -2.02. The van der Waals surface area contributed by atoms with Crippen LogP contribution in [0.15, 0.2) is 66.7 Å². The van der Waals surface area contributed by atoms with Gasteiger partial charge in [0.25, 0.3) is 5.69 Å². The van der Waals surface area contributed by atoms with E-state index in [0.717, 1.165) is 16.6 Å². The highest BCUT2D eigenvalue weighted by molar-refractivity contribution is 7.21. The van der Waals surface area contributed by atoms with E-state index < -0.39 is 4.92 Å². The molecule has 2 aromatic carbocycles. The lowest BCUT2D eigenvalue weighted by Gasteiger charge is -2.00. The van der Waals surface area contributed by atoms with Gasteiger partial charge in [-0.15, -0.1) is 11.3 Å². The van der Waals surface area contributed by atoms with E-state index in [-0.39, 0.29) is 11.5 Å². The first-order valence-electron chi connectivity index (χ1n) is 8.08. The number of carbonyl (C=O) groups excluding carboxylic acids is 1. The predicted octanol–water partition coefficient (Wildman–Crippen LogP) is 4.68. The smallest absolute Gasteiger partial charge is 0.269 e. The van der Waals surface area contributed by atoms with Gasteiger partial charge in [-0.05, 0) is 24.3 Å². The van der Waals surface area contributed by atoms with Gasteiger partial charge in [-0.3, -0.25) is 14.9 Å². The third-order valence-electron chi connectivity index (χ3n) is 4.21. The fourth-order valence-corrected chi connectivity index (χ4v) is 3.86. The van der Waals surface area contributed by atoms with Crippen molar-refractivity contribution in [3.8, 4) is 11.3 Å². The van der Waals surface area contributed by atoms with Crippen molar-refractivity contribution in [2.24, 2.45) is 0 Å². The summed E-state index contributed by atoms with van der Waals surface area (Å²) in [5, 5.41) is 11.5. The van der Waals surface area contributed by atoms with Crippen LogP contribution in [0.2, 0.25) is 0 Å². The molecule has 0 amide bonds. The van der Waals surface area contributed by atoms with Crippen molar-refractivity contribution in [1.82, 2.24) is 4.98 Å². The predicted molar refractivity (Wildman–Crippen MR) is 106 cm³/mol. The van der Waals surface area contributed by atoms with Crippen molar-refractivity contribution >= 4 is 38.7 Å². The topological polar surface area (TPSA) is 99.1 Å². The van der Waals surface area contributed by atoms with Crippen LogP contribution in [0.25, 0.3) is 21.5 Å². The fourth-order valence-electron chi connectivity index (χ4n) is 2.80. The van der Waals surface area contributed by atoms with Crippen molar-refractivity contribution < 1.29 is 9.72 Å². The number of thiophene rings is 1. The monoisotopic (exact) mass is 375 g/mol. The molecule has 0 unspecified atom stereocenters. The third-order valence-corrected chi connectivity index (χ3v) is 5.32. The molecule has 0 spiro atoms. The Kier molecular flexibility index (Phi) is 4.13. The molecule has 2 N–H and O–H groups in total. The average molecular weight is 375 g/mol. The van der Waals surface area contributed by atoms with Gasteiger partial charge in [0.15, 0.2) is 0 Å². The van der Waals surface area contributed by atoms with Crippen molar-refractivity contribution in [2.75, 3.05) is 5.73 Å². The van der Waals surface area contributed by atoms with Crippen LogP contribution >= 0.6 is 11.3 Å². The van der Waals surface area contributed by atoms with Crippen LogP contribution in [0.1, 0.15) is 15.2 Å². The quantitative estimate of drug-likeness (QED) is 0.317. The fraction of sp³-hybridized carbons (Fsp3) is 0. The molecule has 0 radical (unpaired) electrons. The zero-order valence-electron chi connectivity index (χ0n) is 14.0. The number of anilines is 1. The summed E-state index contributed by atoms with van der Waals surface area (Å²) >= 11 is 1.23. The summed E-state index contributed by atoms with van der Waals surface area (Å²) in [4.78, 5) is 28.8. The van der Waals surface area contributed by atoms with Crippen LogP contribution in [0.4, 0.5) is 11.4 Å². The lowest BCUT2D eigenvalue weighted by atomic mass is 10.1. The molecule has 132 valence electrons. The zero-order chi connectivity index (χ0) is 19.0. The van der Waals surface area contributed by atoms with Crippen LogP contribution in [0.5, 0.6) is 0 Å². The van der Waals surface area contributed by atoms with E-state index in [9.17, 15) is 14.9 Å². The van der Waals surface area contributed by atoms with Crippen molar-refractivity contribution in [3.05, 3.63) is 87.3 Å². The summed E-state index contributed by atoms with van der Waals surface area (Å²) in [6.07, 6.45) is 0. The average Bonchev–Trinajstić information content (AvgIpc) is 3.04. The largest absolute Gasteiger partial charge is 0.397 e. The van der Waals surface area contributed by atoms with Gasteiger partial charge in [-0.25, -0.2) is 4.98 Å². The minimum absolute atomic E-state index is 0.0648. The van der Waals surface area contributed by atoms with E-state index in [4.69, 9.17) is 5.73 Å². The molecule has 0 bridgehead atoms. The second-order valence-corrected chi connectivity index (χ2v) is 6.89. The molecule has 0 saturated carbocycles. The summed E-state index contributed by atoms with van der Waals surface area (Å²) < 4.78 is 0. The van der Waals surface area contributed by atoms with E-state index >= 15 is 0 Å². The van der Waals surface area contributed by atoms with E-state index in [2.05, 4.69) is 4.98 Å². The number of fused-ring (bicyclic) bond motifs is 1. The molecule has 0 saturated heterocycles. The molecule has 2 aromatic heterocycles. The van der Waals surface area contributed by atoms with Gasteiger partial charge < -0.3 is 5.73 Å². The molecule has 0 aliphatic rings. The molecule has 0 atom stereocenters. The molecule has 27 heavy (non-hydrogen) atoms. The highest BCUT2D eigenvalue weighted by Gasteiger charge is 2.20. The van der Waals surface area contributed by atoms with Crippen LogP contribution in [0, 0.1) is 10.1 Å². The number of nitro groups is 1. The number of carbonyl (C=O) groups is 1. The summed E-state index contributed by atoms with van der Waals surface area (Å²) in [6.45, 7) is 0. The number of rotatable bonds is 4. The first kappa shape index (κ1) is 16.9. The van der Waals surface area contributed by atoms with E-state index in [0.29, 0.717) is 21.0 Å². The summed E-state index contributed by atoms with van der Waals surface area (Å²) in [5.74, 6) is -0.272. The van der Waals surface area contributed by atoms with Gasteiger partial charge >= 0.3 is 0 Å². The summed E-state index contributed by atoms with van der Waals surface area (Å²) in [5.41, 5.74) is 8.64. The van der Waals surface area contributed by atoms with Crippen LogP contribution in [-0.2, 0) is 0 Å². The van der Waals surface area contributed by atoms with Crippen LogP contribution in [-0.4, -0.2) is 15.7 Å². The van der Waals surface area contributed by atoms with Gasteiger partial charge in [0.2, 0.25) is 5.78 Å². The number of nitrogen functional groups attached to an aromatic ring is 1. The lowest BCUT2D eigenvalue weighted by molar-refractivity contribution is -0.384. The van der Waals surface area contributed by atoms with Crippen molar-refractivity contribution in [3.63, 3.8) is 0 Å². The summed E-state index contributed by atoms with van der Waals surface area (Å²) in [7, 11) is 0. The molecule has 0 aliphatic heterocycles. The number of hydrogen-bond donors (Lipinski definition) is 1. The highest BCUT2D eigenvalue weighted by atomic mass is 32.1. The Labute approximate surface area is 158 Å². The molecule has 0 fully saturated rings. The zero-order valence-corrected chi connectivity index (χ0v) is 14.8. The minimum Gasteiger partial charge on any atom is -0.397 e. The second-order valence-electron chi connectivity index (χ2n) is 5.89. The van der Waals surface area contributed by atoms with Crippen LogP contribution < -0.4 is 5.73 Å². The number of benzene rings is 2. The number of non-ortho nitro benzene ring substituents is 1. The molecule has 6 nitrogen and oxygen atoms in total. The SMILES string of the molecule is Nc1c(C(=O)c2ccc([N+](=O)[O-])cc2)sc2nc(-c3ccccc3)ccc12. The van der Waals surface area contributed by atoms with Gasteiger partial charge in [-0.1, -0.05) is 30.3 Å².